The number of carbonyl (C=O) groups is 1. The Hall–Kier alpha value is -1.60. The molecule has 1 unspecified atom stereocenters. The minimum Gasteiger partial charge on any atom is -0.332 e. The predicted molar refractivity (Wildman–Crippen MR) is 113 cm³/mol. The molecule has 1 N–H and O–H groups in total. The second kappa shape index (κ2) is 7.80. The molecule has 0 bridgehead atoms. The number of fused-ring (bicyclic) bond motifs is 1. The van der Waals surface area contributed by atoms with E-state index in [0.717, 1.165) is 3.57 Å². The van der Waals surface area contributed by atoms with Gasteiger partial charge in [-0.3, -0.25) is 4.79 Å². The van der Waals surface area contributed by atoms with E-state index in [0.29, 0.717) is 21.6 Å². The first-order valence-corrected chi connectivity index (χ1v) is 9.81. The van der Waals surface area contributed by atoms with Crippen LogP contribution in [-0.4, -0.2) is 26.4 Å². The van der Waals surface area contributed by atoms with Crippen molar-refractivity contribution in [3.05, 3.63) is 54.5 Å². The molecule has 0 radical (unpaired) electrons. The molecule has 1 heterocycles. The number of aromatic nitrogens is 3. The Labute approximate surface area is 183 Å². The minimum absolute atomic E-state index is 0.00142. The van der Waals surface area contributed by atoms with Crippen molar-refractivity contribution >= 4 is 74.3 Å². The van der Waals surface area contributed by atoms with Gasteiger partial charge in [0.25, 0.3) is 5.91 Å². The van der Waals surface area contributed by atoms with Gasteiger partial charge in [-0.15, -0.1) is 0 Å². The first kappa shape index (κ1) is 20.1. The van der Waals surface area contributed by atoms with Gasteiger partial charge in [-0.05, 0) is 59.8 Å². The van der Waals surface area contributed by atoms with Crippen LogP contribution in [0.15, 0.2) is 30.3 Å². The highest BCUT2D eigenvalue weighted by atomic mass is 127. The maximum Gasteiger partial charge on any atom is 0.252 e. The molecule has 27 heavy (non-hydrogen) atoms. The van der Waals surface area contributed by atoms with Crippen molar-refractivity contribution in [2.75, 3.05) is 0 Å². The van der Waals surface area contributed by atoms with Gasteiger partial charge in [0.2, 0.25) is 0 Å². The quantitative estimate of drug-likeness (QED) is 0.388. The lowest BCUT2D eigenvalue weighted by Gasteiger charge is -2.22. The minimum atomic E-state index is -1.25. The van der Waals surface area contributed by atoms with Gasteiger partial charge in [-0.2, -0.15) is 20.3 Å². The van der Waals surface area contributed by atoms with Gasteiger partial charge in [0.05, 0.1) is 27.7 Å². The van der Waals surface area contributed by atoms with Crippen LogP contribution < -0.4 is 5.32 Å². The van der Waals surface area contributed by atoms with Crippen LogP contribution in [-0.2, 0) is 6.54 Å². The van der Waals surface area contributed by atoms with E-state index in [1.54, 1.807) is 19.1 Å². The molecule has 0 aliphatic carbocycles. The zero-order valence-electron chi connectivity index (χ0n) is 13.8. The van der Waals surface area contributed by atoms with Gasteiger partial charge in [0.1, 0.15) is 16.6 Å². The third-order valence-corrected chi connectivity index (χ3v) is 5.54. The fraction of sp³-hybridized carbons (Fsp3) is 0.176. The van der Waals surface area contributed by atoms with Crippen molar-refractivity contribution in [1.82, 2.24) is 20.3 Å². The zero-order chi connectivity index (χ0) is 19.8. The van der Waals surface area contributed by atoms with Crippen LogP contribution in [0.1, 0.15) is 17.3 Å². The molecule has 0 saturated heterocycles. The summed E-state index contributed by atoms with van der Waals surface area (Å²) >= 11 is 20.4. The van der Waals surface area contributed by atoms with Crippen LogP contribution in [0.25, 0.3) is 11.0 Å². The van der Waals surface area contributed by atoms with Crippen LogP contribution in [0.3, 0.4) is 0 Å². The number of benzene rings is 2. The molecule has 1 aromatic heterocycles. The van der Waals surface area contributed by atoms with Crippen molar-refractivity contribution in [1.29, 1.82) is 5.26 Å². The first-order valence-electron chi connectivity index (χ1n) is 7.60. The number of nitriles is 1. The average Bonchev–Trinajstić information content (AvgIpc) is 3.04. The Kier molecular flexibility index (Phi) is 5.82. The molecule has 6 nitrogen and oxygen atoms in total. The van der Waals surface area contributed by atoms with Gasteiger partial charge < -0.3 is 5.32 Å². The summed E-state index contributed by atoms with van der Waals surface area (Å²) < 4.78 is 1.01. The molecule has 0 fully saturated rings. The lowest BCUT2D eigenvalue weighted by Crippen LogP contribution is -2.48. The number of hydrogen-bond acceptors (Lipinski definition) is 4. The Morgan fingerprint density at radius 2 is 1.85 bits per heavy atom. The second-order valence-electron chi connectivity index (χ2n) is 5.99. The van der Waals surface area contributed by atoms with Crippen molar-refractivity contribution in [3.63, 3.8) is 0 Å². The highest BCUT2D eigenvalue weighted by Gasteiger charge is 2.29. The van der Waals surface area contributed by atoms with Gasteiger partial charge in [0.15, 0.2) is 0 Å². The summed E-state index contributed by atoms with van der Waals surface area (Å²) in [6.45, 7) is 1.58. The third-order valence-electron chi connectivity index (χ3n) is 3.75. The van der Waals surface area contributed by atoms with Gasteiger partial charge in [-0.25, -0.2) is 0 Å². The molecular weight excluding hydrogens is 523 g/mol. The van der Waals surface area contributed by atoms with E-state index in [1.807, 2.05) is 12.1 Å². The molecule has 3 rings (SSSR count). The fourth-order valence-electron chi connectivity index (χ4n) is 2.39. The number of nitrogens with zero attached hydrogens (tertiary/aromatic N) is 4. The normalized spacial score (nSPS) is 13.2. The number of carbonyl (C=O) groups excluding carboxylic acids is 1. The molecule has 0 spiro atoms. The first-order chi connectivity index (χ1) is 12.7. The Morgan fingerprint density at radius 3 is 2.48 bits per heavy atom. The third kappa shape index (κ3) is 4.29. The summed E-state index contributed by atoms with van der Waals surface area (Å²) in [6, 6.07) is 10.6. The topological polar surface area (TPSA) is 83.6 Å². The maximum absolute atomic E-state index is 12.5. The van der Waals surface area contributed by atoms with Gasteiger partial charge in [-0.1, -0.05) is 34.8 Å². The lowest BCUT2D eigenvalue weighted by atomic mass is 10.0. The molecule has 3 aromatic rings. The van der Waals surface area contributed by atoms with E-state index < -0.39 is 5.54 Å². The summed E-state index contributed by atoms with van der Waals surface area (Å²) in [6.07, 6.45) is 0. The molecule has 2 aromatic carbocycles. The van der Waals surface area contributed by atoms with E-state index in [2.05, 4.69) is 44.2 Å². The highest BCUT2D eigenvalue weighted by Crippen LogP contribution is 2.33. The summed E-state index contributed by atoms with van der Waals surface area (Å²) in [5.41, 5.74) is -0.0974. The van der Waals surface area contributed by atoms with Crippen molar-refractivity contribution in [3.8, 4) is 6.07 Å². The molecule has 0 aliphatic rings. The standard InChI is InChI=1S/C17H11Cl3IN5O/c1-17(7-22,23-16(27)9-2-4-10(21)5-3-9)8-26-24-14-12(19)6-11(18)13(20)15(14)25-26/h2-6H,8H2,1H3,(H,23,27). The summed E-state index contributed by atoms with van der Waals surface area (Å²) in [5, 5.41) is 21.6. The predicted octanol–water partition coefficient (Wildman–Crippen LogP) is 4.71. The number of rotatable bonds is 4. The second-order valence-corrected chi connectivity index (χ2v) is 8.42. The lowest BCUT2D eigenvalue weighted by molar-refractivity contribution is 0.0916. The molecule has 1 atom stereocenters. The number of hydrogen-bond donors (Lipinski definition) is 1. The number of nitrogens with one attached hydrogen (secondary N) is 1. The van der Waals surface area contributed by atoms with Crippen molar-refractivity contribution in [2.24, 2.45) is 0 Å². The Balaban J connectivity index is 1.87. The Morgan fingerprint density at radius 1 is 1.22 bits per heavy atom. The summed E-state index contributed by atoms with van der Waals surface area (Å²) in [5.74, 6) is -0.369. The summed E-state index contributed by atoms with van der Waals surface area (Å²) in [7, 11) is 0. The van der Waals surface area contributed by atoms with E-state index >= 15 is 0 Å². The average molecular weight is 535 g/mol. The Bertz CT molecular complexity index is 1080. The van der Waals surface area contributed by atoms with E-state index in [1.165, 1.54) is 10.9 Å². The van der Waals surface area contributed by atoms with Crippen LogP contribution in [0.4, 0.5) is 0 Å². The van der Waals surface area contributed by atoms with Crippen LogP contribution in [0, 0.1) is 14.9 Å². The number of amides is 1. The maximum atomic E-state index is 12.5. The molecule has 0 aliphatic heterocycles. The molecule has 0 saturated carbocycles. The zero-order valence-corrected chi connectivity index (χ0v) is 18.2. The number of halogens is 4. The van der Waals surface area contributed by atoms with Crippen molar-refractivity contribution in [2.45, 2.75) is 19.0 Å². The van der Waals surface area contributed by atoms with Crippen LogP contribution in [0.2, 0.25) is 15.1 Å². The van der Waals surface area contributed by atoms with E-state index in [-0.39, 0.29) is 22.5 Å². The monoisotopic (exact) mass is 533 g/mol. The van der Waals surface area contributed by atoms with E-state index in [9.17, 15) is 10.1 Å². The van der Waals surface area contributed by atoms with Crippen LogP contribution >= 0.6 is 57.4 Å². The highest BCUT2D eigenvalue weighted by molar-refractivity contribution is 14.1. The largest absolute Gasteiger partial charge is 0.332 e. The van der Waals surface area contributed by atoms with Gasteiger partial charge in [0, 0.05) is 9.13 Å². The smallest absolute Gasteiger partial charge is 0.252 e. The molecular formula is C17H11Cl3IN5O. The SMILES string of the molecule is CC(C#N)(Cn1nc2c(Cl)cc(Cl)c(Cl)c2n1)NC(=O)c1ccc(I)cc1. The van der Waals surface area contributed by atoms with E-state index in [4.69, 9.17) is 34.8 Å². The molecule has 1 amide bonds. The molecule has 10 heteroatoms. The summed E-state index contributed by atoms with van der Waals surface area (Å²) in [4.78, 5) is 13.7. The van der Waals surface area contributed by atoms with Gasteiger partial charge >= 0.3 is 0 Å². The molecule has 138 valence electrons. The van der Waals surface area contributed by atoms with Crippen LogP contribution in [0.5, 0.6) is 0 Å². The fourth-order valence-corrected chi connectivity index (χ4v) is 3.43. The van der Waals surface area contributed by atoms with Crippen molar-refractivity contribution < 1.29 is 4.79 Å².